The van der Waals surface area contributed by atoms with Crippen molar-refractivity contribution < 1.29 is 27.5 Å². The molecule has 2 aromatic heterocycles. The van der Waals surface area contributed by atoms with Crippen molar-refractivity contribution in [2.75, 3.05) is 23.3 Å². The van der Waals surface area contributed by atoms with Crippen LogP contribution in [0.1, 0.15) is 46.9 Å². The number of carboxylic acid groups (broad SMARTS) is 1. The molecule has 0 saturated carbocycles. The van der Waals surface area contributed by atoms with Gasteiger partial charge in [-0.1, -0.05) is 6.07 Å². The molecule has 0 bridgehead atoms. The molecule has 0 spiro atoms. The molecule has 1 fully saturated rings. The van der Waals surface area contributed by atoms with Gasteiger partial charge in [-0.25, -0.2) is 14.8 Å². The third-order valence-electron chi connectivity index (χ3n) is 5.97. The first-order valence-electron chi connectivity index (χ1n) is 11.0. The number of piperidine rings is 1. The van der Waals surface area contributed by atoms with Crippen LogP contribution in [0.5, 0.6) is 0 Å². The van der Waals surface area contributed by atoms with Crippen molar-refractivity contribution in [1.29, 1.82) is 0 Å². The third-order valence-corrected chi connectivity index (χ3v) is 5.97. The lowest BCUT2D eigenvalue weighted by Crippen LogP contribution is -2.36. The molecule has 35 heavy (non-hydrogen) atoms. The normalized spacial score (nSPS) is 15.3. The van der Waals surface area contributed by atoms with E-state index in [-0.39, 0.29) is 22.4 Å². The summed E-state index contributed by atoms with van der Waals surface area (Å²) in [7, 11) is 1.53. The van der Waals surface area contributed by atoms with Crippen LogP contribution in [0, 0.1) is 12.9 Å². The highest BCUT2D eigenvalue weighted by Gasteiger charge is 2.43. The maximum absolute atomic E-state index is 14.4. The number of aromatic carboxylic acids is 1. The van der Waals surface area contributed by atoms with Gasteiger partial charge in [-0.05, 0) is 49.9 Å². The molecule has 1 atom stereocenters. The second kappa shape index (κ2) is 9.16. The summed E-state index contributed by atoms with van der Waals surface area (Å²) in [6.07, 6.45) is -2.16. The second-order valence-electron chi connectivity index (χ2n) is 8.53. The van der Waals surface area contributed by atoms with Crippen LogP contribution in [0.2, 0.25) is 0 Å². The minimum atomic E-state index is -4.92. The van der Waals surface area contributed by atoms with E-state index in [1.807, 2.05) is 4.90 Å². The molecule has 2 N–H and O–H groups in total. The van der Waals surface area contributed by atoms with Crippen LogP contribution in [0.4, 0.5) is 29.2 Å². The SMILES string of the molecule is Cc1cc(C(Nc2ccc(F)nc2C(=O)O)C(F)(F)F)c2nc(N3CCCCC3)n(C)c(=O)c2c1. The van der Waals surface area contributed by atoms with Crippen LogP contribution >= 0.6 is 0 Å². The molecule has 0 aliphatic carbocycles. The number of hydrogen-bond donors (Lipinski definition) is 2. The van der Waals surface area contributed by atoms with E-state index in [9.17, 15) is 32.3 Å². The second-order valence-corrected chi connectivity index (χ2v) is 8.53. The topological polar surface area (TPSA) is 100 Å². The Labute approximate surface area is 197 Å². The number of benzene rings is 1. The fraction of sp³-hybridized carbons (Fsp3) is 0.391. The molecular weight excluding hydrogens is 470 g/mol. The zero-order valence-corrected chi connectivity index (χ0v) is 19.0. The fourth-order valence-electron chi connectivity index (χ4n) is 4.34. The number of aryl methyl sites for hydroxylation is 1. The largest absolute Gasteiger partial charge is 0.476 e. The van der Waals surface area contributed by atoms with E-state index < -0.39 is 41.1 Å². The van der Waals surface area contributed by atoms with Gasteiger partial charge in [0.05, 0.1) is 16.6 Å². The van der Waals surface area contributed by atoms with E-state index in [2.05, 4.69) is 15.3 Å². The summed E-state index contributed by atoms with van der Waals surface area (Å²) in [4.78, 5) is 34.3. The van der Waals surface area contributed by atoms with Gasteiger partial charge in [0, 0.05) is 25.7 Å². The zero-order valence-electron chi connectivity index (χ0n) is 19.0. The zero-order chi connectivity index (χ0) is 25.5. The third kappa shape index (κ3) is 4.77. The van der Waals surface area contributed by atoms with Crippen LogP contribution in [0.25, 0.3) is 10.9 Å². The number of hydrogen-bond acceptors (Lipinski definition) is 6. The first-order valence-corrected chi connectivity index (χ1v) is 11.0. The van der Waals surface area contributed by atoms with E-state index in [1.165, 1.54) is 23.7 Å². The van der Waals surface area contributed by atoms with Crippen molar-refractivity contribution in [3.05, 3.63) is 57.4 Å². The van der Waals surface area contributed by atoms with Crippen LogP contribution in [0.3, 0.4) is 0 Å². The Kier molecular flexibility index (Phi) is 6.39. The van der Waals surface area contributed by atoms with Gasteiger partial charge >= 0.3 is 12.1 Å². The van der Waals surface area contributed by atoms with Gasteiger partial charge in [0.2, 0.25) is 11.9 Å². The molecule has 1 aliphatic rings. The highest BCUT2D eigenvalue weighted by Crippen LogP contribution is 2.39. The van der Waals surface area contributed by atoms with E-state index in [0.717, 1.165) is 31.4 Å². The Morgan fingerprint density at radius 1 is 1.14 bits per heavy atom. The molecule has 4 rings (SSSR count). The van der Waals surface area contributed by atoms with Gasteiger partial charge in [-0.3, -0.25) is 9.36 Å². The summed E-state index contributed by atoms with van der Waals surface area (Å²) in [6, 6.07) is 1.94. The van der Waals surface area contributed by atoms with E-state index in [4.69, 9.17) is 0 Å². The van der Waals surface area contributed by atoms with Crippen molar-refractivity contribution in [3.8, 4) is 0 Å². The first-order chi connectivity index (χ1) is 16.5. The minimum absolute atomic E-state index is 0.00926. The Balaban J connectivity index is 1.94. The maximum Gasteiger partial charge on any atom is 0.412 e. The molecule has 3 aromatic rings. The number of rotatable bonds is 5. The summed E-state index contributed by atoms with van der Waals surface area (Å²) in [5, 5.41) is 11.5. The van der Waals surface area contributed by atoms with Crippen molar-refractivity contribution in [2.24, 2.45) is 7.05 Å². The molecule has 12 heteroatoms. The minimum Gasteiger partial charge on any atom is -0.476 e. The van der Waals surface area contributed by atoms with Crippen LogP contribution in [0.15, 0.2) is 29.1 Å². The Hall–Kier alpha value is -3.70. The number of anilines is 2. The lowest BCUT2D eigenvalue weighted by atomic mass is 9.99. The predicted octanol–water partition coefficient (Wildman–Crippen LogP) is 4.18. The van der Waals surface area contributed by atoms with E-state index in [1.54, 1.807) is 6.92 Å². The van der Waals surface area contributed by atoms with Crippen LogP contribution < -0.4 is 15.8 Å². The number of carboxylic acids is 1. The molecule has 186 valence electrons. The average Bonchev–Trinajstić information content (AvgIpc) is 2.80. The predicted molar refractivity (Wildman–Crippen MR) is 121 cm³/mol. The monoisotopic (exact) mass is 493 g/mol. The lowest BCUT2D eigenvalue weighted by molar-refractivity contribution is -0.143. The Morgan fingerprint density at radius 3 is 2.46 bits per heavy atom. The molecule has 1 unspecified atom stereocenters. The highest BCUT2D eigenvalue weighted by atomic mass is 19.4. The van der Waals surface area contributed by atoms with Crippen LogP contribution in [-0.4, -0.2) is 44.9 Å². The quantitative estimate of drug-likeness (QED) is 0.406. The van der Waals surface area contributed by atoms with Gasteiger partial charge in [0.15, 0.2) is 11.7 Å². The van der Waals surface area contributed by atoms with Crippen molar-refractivity contribution in [1.82, 2.24) is 14.5 Å². The Bertz CT molecular complexity index is 1350. The first kappa shape index (κ1) is 24.4. The summed E-state index contributed by atoms with van der Waals surface area (Å²) in [5.74, 6) is -2.57. The maximum atomic E-state index is 14.4. The molecule has 3 heterocycles. The van der Waals surface area contributed by atoms with Crippen molar-refractivity contribution >= 4 is 28.5 Å². The van der Waals surface area contributed by atoms with Crippen molar-refractivity contribution in [3.63, 3.8) is 0 Å². The number of halogens is 4. The molecule has 0 amide bonds. The number of nitrogens with one attached hydrogen (secondary N) is 1. The van der Waals surface area contributed by atoms with Gasteiger partial charge in [0.25, 0.3) is 5.56 Å². The lowest BCUT2D eigenvalue weighted by Gasteiger charge is -2.30. The van der Waals surface area contributed by atoms with E-state index in [0.29, 0.717) is 18.7 Å². The molecule has 1 aromatic carbocycles. The highest BCUT2D eigenvalue weighted by molar-refractivity contribution is 5.92. The molecule has 0 radical (unpaired) electrons. The fourth-order valence-corrected chi connectivity index (χ4v) is 4.34. The van der Waals surface area contributed by atoms with Crippen LogP contribution in [-0.2, 0) is 7.05 Å². The summed E-state index contributed by atoms with van der Waals surface area (Å²) < 4.78 is 57.9. The standard InChI is InChI=1S/C23H23F4N5O3/c1-12-10-13(19(23(25,26)27)28-15-6-7-16(24)29-18(15)21(34)35)17-14(11-12)20(33)31(2)22(30-17)32-8-4-3-5-9-32/h6-7,10-11,19,28H,3-5,8-9H2,1-2H3,(H,34,35). The smallest absolute Gasteiger partial charge is 0.412 e. The van der Waals surface area contributed by atoms with E-state index >= 15 is 0 Å². The molecular formula is C23H23F4N5O3. The number of aromatic nitrogens is 3. The van der Waals surface area contributed by atoms with Gasteiger partial charge < -0.3 is 15.3 Å². The average molecular weight is 493 g/mol. The number of pyridine rings is 1. The number of fused-ring (bicyclic) bond motifs is 1. The van der Waals surface area contributed by atoms with Gasteiger partial charge in [-0.2, -0.15) is 17.6 Å². The van der Waals surface area contributed by atoms with Gasteiger partial charge in [0.1, 0.15) is 0 Å². The molecule has 1 saturated heterocycles. The summed E-state index contributed by atoms with van der Waals surface area (Å²) in [5.41, 5.74) is -1.99. The molecule has 8 nitrogen and oxygen atoms in total. The summed E-state index contributed by atoms with van der Waals surface area (Å²) >= 11 is 0. The number of nitrogens with zero attached hydrogens (tertiary/aromatic N) is 4. The van der Waals surface area contributed by atoms with Gasteiger partial charge in [-0.15, -0.1) is 0 Å². The van der Waals surface area contributed by atoms with Crippen molar-refractivity contribution in [2.45, 2.75) is 38.4 Å². The number of alkyl halides is 3. The Morgan fingerprint density at radius 2 is 1.83 bits per heavy atom. The number of carbonyl (C=O) groups is 1. The molecule has 1 aliphatic heterocycles. The summed E-state index contributed by atoms with van der Waals surface area (Å²) in [6.45, 7) is 2.80.